The van der Waals surface area contributed by atoms with Crippen LogP contribution in [0.1, 0.15) is 49.9 Å². The van der Waals surface area contributed by atoms with E-state index in [2.05, 4.69) is 10.4 Å². The Morgan fingerprint density at radius 2 is 2.05 bits per heavy atom. The Bertz CT molecular complexity index is 530. The van der Waals surface area contributed by atoms with Crippen LogP contribution in [0.2, 0.25) is 0 Å². The van der Waals surface area contributed by atoms with Crippen molar-refractivity contribution in [3.8, 4) is 0 Å². The van der Waals surface area contributed by atoms with Crippen molar-refractivity contribution in [2.24, 2.45) is 0 Å². The summed E-state index contributed by atoms with van der Waals surface area (Å²) in [5.74, 6) is -0.943. The molecule has 1 aliphatic rings. The van der Waals surface area contributed by atoms with Crippen molar-refractivity contribution in [1.82, 2.24) is 15.1 Å². The summed E-state index contributed by atoms with van der Waals surface area (Å²) >= 11 is 0. The third kappa shape index (κ3) is 4.06. The molecule has 0 unspecified atom stereocenters. The third-order valence-corrected chi connectivity index (χ3v) is 4.11. The number of rotatable bonds is 6. The summed E-state index contributed by atoms with van der Waals surface area (Å²) in [4.78, 5) is 23.1. The zero-order chi connectivity index (χ0) is 15.5. The number of nitrogens with one attached hydrogen (secondary N) is 1. The zero-order valence-corrected chi connectivity index (χ0v) is 12.7. The summed E-state index contributed by atoms with van der Waals surface area (Å²) in [6, 6.07) is 1.97. The molecule has 1 fully saturated rings. The molecule has 0 aliphatic heterocycles. The van der Waals surface area contributed by atoms with Gasteiger partial charge in [-0.3, -0.25) is 14.3 Å². The number of nitrogens with zero attached hydrogens (tertiary/aromatic N) is 2. The van der Waals surface area contributed by atoms with Gasteiger partial charge in [-0.1, -0.05) is 12.8 Å². The Morgan fingerprint density at radius 3 is 2.57 bits per heavy atom. The van der Waals surface area contributed by atoms with Gasteiger partial charge in [-0.15, -0.1) is 0 Å². The second-order valence-corrected chi connectivity index (χ2v) is 6.01. The summed E-state index contributed by atoms with van der Waals surface area (Å²) in [5, 5.41) is 16.3. The van der Waals surface area contributed by atoms with Gasteiger partial charge in [-0.05, 0) is 32.8 Å². The average molecular weight is 293 g/mol. The van der Waals surface area contributed by atoms with Gasteiger partial charge < -0.3 is 10.4 Å². The molecule has 1 heterocycles. The summed E-state index contributed by atoms with van der Waals surface area (Å²) in [5.41, 5.74) is 1.42. The minimum Gasteiger partial charge on any atom is -0.481 e. The van der Waals surface area contributed by atoms with E-state index in [0.717, 1.165) is 37.1 Å². The van der Waals surface area contributed by atoms with Crippen molar-refractivity contribution in [2.75, 3.05) is 0 Å². The lowest BCUT2D eigenvalue weighted by Crippen LogP contribution is -2.48. The molecule has 1 saturated carbocycles. The molecule has 21 heavy (non-hydrogen) atoms. The van der Waals surface area contributed by atoms with Gasteiger partial charge in [0.1, 0.15) is 0 Å². The topological polar surface area (TPSA) is 84.2 Å². The smallest absolute Gasteiger partial charge is 0.305 e. The van der Waals surface area contributed by atoms with Gasteiger partial charge >= 0.3 is 5.97 Å². The first kappa shape index (κ1) is 15.5. The van der Waals surface area contributed by atoms with E-state index < -0.39 is 11.5 Å². The van der Waals surface area contributed by atoms with Crippen molar-refractivity contribution < 1.29 is 14.7 Å². The van der Waals surface area contributed by atoms with Crippen molar-refractivity contribution in [2.45, 2.75) is 64.5 Å². The van der Waals surface area contributed by atoms with E-state index in [1.165, 1.54) is 0 Å². The molecular weight excluding hydrogens is 270 g/mol. The quantitative estimate of drug-likeness (QED) is 0.837. The maximum atomic E-state index is 12.1. The number of carboxylic acid groups (broad SMARTS) is 1. The van der Waals surface area contributed by atoms with Crippen LogP contribution in [0, 0.1) is 13.8 Å². The lowest BCUT2D eigenvalue weighted by molar-refractivity contribution is -0.139. The van der Waals surface area contributed by atoms with E-state index >= 15 is 0 Å². The third-order valence-electron chi connectivity index (χ3n) is 4.11. The maximum absolute atomic E-state index is 12.1. The molecule has 0 atom stereocenters. The van der Waals surface area contributed by atoms with Crippen LogP contribution in [0.3, 0.4) is 0 Å². The highest BCUT2D eigenvalue weighted by Crippen LogP contribution is 2.32. The molecule has 0 aromatic carbocycles. The highest BCUT2D eigenvalue weighted by Gasteiger charge is 2.37. The molecule has 0 bridgehead atoms. The number of hydrogen-bond acceptors (Lipinski definition) is 3. The van der Waals surface area contributed by atoms with Crippen LogP contribution in [0.4, 0.5) is 0 Å². The Hall–Kier alpha value is -1.85. The van der Waals surface area contributed by atoms with E-state index in [1.54, 1.807) is 0 Å². The zero-order valence-electron chi connectivity index (χ0n) is 12.7. The second kappa shape index (κ2) is 6.28. The maximum Gasteiger partial charge on any atom is 0.305 e. The van der Waals surface area contributed by atoms with Crippen LogP contribution in [-0.2, 0) is 16.1 Å². The van der Waals surface area contributed by atoms with Crippen LogP contribution in [0.15, 0.2) is 6.07 Å². The molecule has 2 N–H and O–H groups in total. The number of carboxylic acids is 1. The molecule has 1 amide bonds. The number of aliphatic carboxylic acids is 1. The second-order valence-electron chi connectivity index (χ2n) is 6.01. The van der Waals surface area contributed by atoms with Gasteiger partial charge in [0.05, 0.1) is 17.7 Å². The fourth-order valence-electron chi connectivity index (χ4n) is 3.15. The molecule has 0 spiro atoms. The van der Waals surface area contributed by atoms with Crippen molar-refractivity contribution in [3.63, 3.8) is 0 Å². The van der Waals surface area contributed by atoms with E-state index in [-0.39, 0.29) is 12.3 Å². The molecule has 1 aromatic rings. The predicted octanol–water partition coefficient (Wildman–Crippen LogP) is 1.79. The van der Waals surface area contributed by atoms with Crippen molar-refractivity contribution >= 4 is 11.9 Å². The summed E-state index contributed by atoms with van der Waals surface area (Å²) in [6.07, 6.45) is 3.80. The fraction of sp³-hybridized carbons (Fsp3) is 0.667. The van der Waals surface area contributed by atoms with Crippen LogP contribution >= 0.6 is 0 Å². The Labute approximate surface area is 124 Å². The minimum atomic E-state index is -0.851. The first-order valence-corrected chi connectivity index (χ1v) is 7.44. The standard InChI is InChI=1S/C15H23N3O3/c1-11-9-12(2)18(17-11)8-5-13(19)16-15(10-14(20)21)6-3-4-7-15/h9H,3-8,10H2,1-2H3,(H,16,19)(H,20,21). The molecule has 116 valence electrons. The highest BCUT2D eigenvalue weighted by atomic mass is 16.4. The first-order chi connectivity index (χ1) is 9.90. The van der Waals surface area contributed by atoms with Crippen LogP contribution < -0.4 is 5.32 Å². The van der Waals surface area contributed by atoms with Gasteiger partial charge in [-0.25, -0.2) is 0 Å². The number of carbonyl (C=O) groups is 2. The molecule has 6 nitrogen and oxygen atoms in total. The summed E-state index contributed by atoms with van der Waals surface area (Å²) in [6.45, 7) is 4.40. The Balaban J connectivity index is 1.91. The van der Waals surface area contributed by atoms with Gasteiger partial charge in [0.25, 0.3) is 0 Å². The lowest BCUT2D eigenvalue weighted by atomic mass is 9.93. The Morgan fingerprint density at radius 1 is 1.38 bits per heavy atom. The number of carbonyl (C=O) groups excluding carboxylic acids is 1. The average Bonchev–Trinajstić information content (AvgIpc) is 2.93. The van der Waals surface area contributed by atoms with E-state index in [0.29, 0.717) is 13.0 Å². The first-order valence-electron chi connectivity index (χ1n) is 7.44. The number of hydrogen-bond donors (Lipinski definition) is 2. The van der Waals surface area contributed by atoms with Gasteiger partial charge in [0, 0.05) is 18.7 Å². The number of aryl methyl sites for hydroxylation is 3. The van der Waals surface area contributed by atoms with Gasteiger partial charge in [-0.2, -0.15) is 5.10 Å². The monoisotopic (exact) mass is 293 g/mol. The number of amides is 1. The molecular formula is C15H23N3O3. The predicted molar refractivity (Wildman–Crippen MR) is 77.9 cm³/mol. The molecule has 2 rings (SSSR count). The molecule has 0 radical (unpaired) electrons. The van der Waals surface area contributed by atoms with E-state index in [4.69, 9.17) is 5.11 Å². The van der Waals surface area contributed by atoms with Gasteiger partial charge in [0.15, 0.2) is 0 Å². The van der Waals surface area contributed by atoms with Crippen molar-refractivity contribution in [1.29, 1.82) is 0 Å². The lowest BCUT2D eigenvalue weighted by Gasteiger charge is -2.28. The van der Waals surface area contributed by atoms with Crippen LogP contribution in [0.5, 0.6) is 0 Å². The fourth-order valence-corrected chi connectivity index (χ4v) is 3.15. The molecule has 0 saturated heterocycles. The molecule has 6 heteroatoms. The van der Waals surface area contributed by atoms with E-state index in [9.17, 15) is 9.59 Å². The SMILES string of the molecule is Cc1cc(C)n(CCC(=O)NC2(CC(=O)O)CCCC2)n1. The molecule has 1 aromatic heterocycles. The van der Waals surface area contributed by atoms with Gasteiger partial charge in [0.2, 0.25) is 5.91 Å². The molecule has 1 aliphatic carbocycles. The summed E-state index contributed by atoms with van der Waals surface area (Å²) < 4.78 is 1.81. The normalized spacial score (nSPS) is 16.9. The number of aromatic nitrogens is 2. The minimum absolute atomic E-state index is 0.0125. The largest absolute Gasteiger partial charge is 0.481 e. The highest BCUT2D eigenvalue weighted by molar-refractivity contribution is 5.78. The van der Waals surface area contributed by atoms with E-state index in [1.807, 2.05) is 24.6 Å². The van der Waals surface area contributed by atoms with Crippen LogP contribution in [-0.4, -0.2) is 32.3 Å². The Kier molecular flexibility index (Phi) is 4.65. The van der Waals surface area contributed by atoms with Crippen LogP contribution in [0.25, 0.3) is 0 Å². The summed E-state index contributed by atoms with van der Waals surface area (Å²) in [7, 11) is 0. The van der Waals surface area contributed by atoms with Crippen molar-refractivity contribution in [3.05, 3.63) is 17.5 Å².